The van der Waals surface area contributed by atoms with Crippen molar-refractivity contribution in [3.63, 3.8) is 0 Å². The van der Waals surface area contributed by atoms with Gasteiger partial charge in [-0.2, -0.15) is 0 Å². The molecule has 6 heteroatoms. The maximum absolute atomic E-state index is 13.1. The van der Waals surface area contributed by atoms with Crippen molar-refractivity contribution >= 4 is 49.4 Å². The maximum atomic E-state index is 13.1. The van der Waals surface area contributed by atoms with Gasteiger partial charge < -0.3 is 5.11 Å². The van der Waals surface area contributed by atoms with Crippen LogP contribution in [0.5, 0.6) is 0 Å². The van der Waals surface area contributed by atoms with Crippen molar-refractivity contribution in [1.29, 1.82) is 0 Å². The minimum Gasteiger partial charge on any atom is -0.478 e. The van der Waals surface area contributed by atoms with Gasteiger partial charge in [0.25, 0.3) is 0 Å². The number of carboxylic acid groups (broad SMARTS) is 1. The molecule has 2 nitrogen and oxygen atoms in total. The summed E-state index contributed by atoms with van der Waals surface area (Å²) in [6.07, 6.45) is 0. The van der Waals surface area contributed by atoms with E-state index < -0.39 is 11.8 Å². The highest BCUT2D eigenvalue weighted by molar-refractivity contribution is 9.11. The summed E-state index contributed by atoms with van der Waals surface area (Å²) in [7, 11) is 0. The van der Waals surface area contributed by atoms with Crippen LogP contribution in [0.25, 0.3) is 0 Å². The molecule has 0 fully saturated rings. The molecule has 0 unspecified atom stereocenters. The molecule has 1 aromatic rings. The molecule has 0 aliphatic carbocycles. The fraction of sp³-hybridized carbons (Fsp3) is 0. The van der Waals surface area contributed by atoms with E-state index in [4.69, 9.17) is 16.7 Å². The Hall–Kier alpha value is -0.130. The van der Waals surface area contributed by atoms with E-state index in [1.807, 2.05) is 0 Å². The Morgan fingerprint density at radius 2 is 2.08 bits per heavy atom. The molecule has 0 spiro atoms. The van der Waals surface area contributed by atoms with Gasteiger partial charge in [0.05, 0.1) is 19.5 Å². The van der Waals surface area contributed by atoms with Gasteiger partial charge in [-0.1, -0.05) is 11.6 Å². The highest BCUT2D eigenvalue weighted by atomic mass is 79.9. The largest absolute Gasteiger partial charge is 0.478 e. The third kappa shape index (κ3) is 2.03. The first-order valence-electron chi connectivity index (χ1n) is 3.01. The molecule has 0 heterocycles. The Balaban J connectivity index is 3.53. The zero-order valence-corrected chi connectivity index (χ0v) is 9.87. The summed E-state index contributed by atoms with van der Waals surface area (Å²) in [6.45, 7) is 0. The van der Waals surface area contributed by atoms with Crippen molar-refractivity contribution in [2.45, 2.75) is 0 Å². The van der Waals surface area contributed by atoms with E-state index in [0.29, 0.717) is 0 Å². The van der Waals surface area contributed by atoms with Crippen molar-refractivity contribution in [3.8, 4) is 0 Å². The number of aromatic carboxylic acids is 1. The van der Waals surface area contributed by atoms with E-state index in [1.54, 1.807) is 0 Å². The minimum absolute atomic E-state index is 0.0207. The summed E-state index contributed by atoms with van der Waals surface area (Å²) in [5.41, 5.74) is -0.276. The molecule has 0 bridgehead atoms. The van der Waals surface area contributed by atoms with Gasteiger partial charge in [0.1, 0.15) is 0 Å². The number of hydrogen-bond donors (Lipinski definition) is 1. The van der Waals surface area contributed by atoms with Crippen LogP contribution < -0.4 is 0 Å². The lowest BCUT2D eigenvalue weighted by atomic mass is 10.2. The molecule has 1 rings (SSSR count). The third-order valence-corrected chi connectivity index (χ3v) is 2.95. The summed E-state index contributed by atoms with van der Waals surface area (Å²) in [4.78, 5) is 10.6. The molecular formula is C7H2Br2ClFO2. The van der Waals surface area contributed by atoms with Crippen molar-refractivity contribution in [3.05, 3.63) is 31.4 Å². The Morgan fingerprint density at radius 3 is 2.54 bits per heavy atom. The van der Waals surface area contributed by atoms with Crippen molar-refractivity contribution in [2.24, 2.45) is 0 Å². The van der Waals surface area contributed by atoms with Crippen LogP contribution in [0.4, 0.5) is 4.39 Å². The standard InChI is InChI=1S/C7H2Br2ClFO2/c8-2-1-3(10)4(7(12)13)5(9)6(2)11/h1H,(H,12,13). The second kappa shape index (κ2) is 3.94. The molecule has 70 valence electrons. The summed E-state index contributed by atoms with van der Waals surface area (Å²) < 4.78 is 13.1. The summed E-state index contributed by atoms with van der Waals surface area (Å²) in [6, 6.07) is 1.20. The Labute approximate surface area is 95.0 Å². The fourth-order valence-corrected chi connectivity index (χ4v) is 2.58. The zero-order chi connectivity index (χ0) is 10.2. The van der Waals surface area contributed by atoms with E-state index >= 15 is 0 Å². The number of carboxylic acids is 1. The van der Waals surface area contributed by atoms with Crippen LogP contribution in [0.15, 0.2) is 15.0 Å². The smallest absolute Gasteiger partial charge is 0.338 e. The van der Waals surface area contributed by atoms with Gasteiger partial charge in [0.15, 0.2) is 5.82 Å². The molecule has 0 radical (unpaired) electrons. The van der Waals surface area contributed by atoms with Crippen molar-refractivity contribution < 1.29 is 14.3 Å². The Morgan fingerprint density at radius 1 is 1.54 bits per heavy atom. The first kappa shape index (κ1) is 10.9. The highest BCUT2D eigenvalue weighted by Crippen LogP contribution is 2.32. The molecule has 0 aromatic heterocycles. The topological polar surface area (TPSA) is 37.3 Å². The number of carbonyl (C=O) groups is 1. The van der Waals surface area contributed by atoms with Gasteiger partial charge in [-0.15, -0.1) is 0 Å². The fourth-order valence-electron chi connectivity index (χ4n) is 0.762. The quantitative estimate of drug-likeness (QED) is 0.629. The molecular weight excluding hydrogens is 330 g/mol. The first-order valence-corrected chi connectivity index (χ1v) is 4.97. The lowest BCUT2D eigenvalue weighted by Crippen LogP contribution is -2.01. The first-order chi connectivity index (χ1) is 5.95. The monoisotopic (exact) mass is 330 g/mol. The normalized spacial score (nSPS) is 10.2. The second-order valence-corrected chi connectivity index (χ2v) is 4.20. The average Bonchev–Trinajstić information content (AvgIpc) is 1.99. The molecule has 1 aromatic carbocycles. The summed E-state index contributed by atoms with van der Waals surface area (Å²) in [5.74, 6) is -1.95. The van der Waals surface area contributed by atoms with E-state index in [9.17, 15) is 9.18 Å². The van der Waals surface area contributed by atoms with E-state index in [0.717, 1.165) is 0 Å². The SMILES string of the molecule is O=C(O)c1c(Cl)cc(Br)c(F)c1Br. The number of halogens is 4. The summed E-state index contributed by atoms with van der Waals surface area (Å²) >= 11 is 11.3. The molecule has 0 aliphatic rings. The van der Waals surface area contributed by atoms with Crippen LogP contribution in [0.1, 0.15) is 10.4 Å². The lowest BCUT2D eigenvalue weighted by molar-refractivity contribution is 0.0695. The van der Waals surface area contributed by atoms with Gasteiger partial charge >= 0.3 is 5.97 Å². The van der Waals surface area contributed by atoms with E-state index in [2.05, 4.69) is 31.9 Å². The van der Waals surface area contributed by atoms with Crippen LogP contribution in [0.2, 0.25) is 5.02 Å². The van der Waals surface area contributed by atoms with Gasteiger partial charge in [0.2, 0.25) is 0 Å². The summed E-state index contributed by atoms with van der Waals surface area (Å²) in [5, 5.41) is 8.64. The molecule has 0 aliphatic heterocycles. The van der Waals surface area contributed by atoms with Crippen LogP contribution in [0, 0.1) is 5.82 Å². The maximum Gasteiger partial charge on any atom is 0.338 e. The molecule has 0 amide bonds. The van der Waals surface area contributed by atoms with Crippen LogP contribution >= 0.6 is 43.5 Å². The average molecular weight is 332 g/mol. The molecule has 13 heavy (non-hydrogen) atoms. The van der Waals surface area contributed by atoms with Gasteiger partial charge in [-0.3, -0.25) is 0 Å². The van der Waals surface area contributed by atoms with Gasteiger partial charge in [-0.25, -0.2) is 9.18 Å². The Bertz CT molecular complexity index is 381. The Kier molecular flexibility index (Phi) is 3.32. The number of hydrogen-bond acceptors (Lipinski definition) is 1. The van der Waals surface area contributed by atoms with Crippen molar-refractivity contribution in [1.82, 2.24) is 0 Å². The van der Waals surface area contributed by atoms with E-state index in [1.165, 1.54) is 6.07 Å². The molecule has 1 N–H and O–H groups in total. The van der Waals surface area contributed by atoms with E-state index in [-0.39, 0.29) is 19.5 Å². The van der Waals surface area contributed by atoms with Crippen LogP contribution in [-0.2, 0) is 0 Å². The van der Waals surface area contributed by atoms with Crippen molar-refractivity contribution in [2.75, 3.05) is 0 Å². The molecule has 0 saturated heterocycles. The predicted octanol–water partition coefficient (Wildman–Crippen LogP) is 3.70. The second-order valence-electron chi connectivity index (χ2n) is 2.15. The van der Waals surface area contributed by atoms with Gasteiger partial charge in [0, 0.05) is 0 Å². The third-order valence-electron chi connectivity index (χ3n) is 1.33. The zero-order valence-electron chi connectivity index (χ0n) is 5.94. The molecule has 0 atom stereocenters. The number of rotatable bonds is 1. The highest BCUT2D eigenvalue weighted by Gasteiger charge is 2.19. The minimum atomic E-state index is -1.27. The predicted molar refractivity (Wildman–Crippen MR) is 53.8 cm³/mol. The van der Waals surface area contributed by atoms with Crippen LogP contribution in [0.3, 0.4) is 0 Å². The number of benzene rings is 1. The van der Waals surface area contributed by atoms with Crippen LogP contribution in [-0.4, -0.2) is 11.1 Å². The molecule has 0 saturated carbocycles. The lowest BCUT2D eigenvalue weighted by Gasteiger charge is -2.04. The van der Waals surface area contributed by atoms with Gasteiger partial charge in [-0.05, 0) is 37.9 Å².